The molecule has 2 heterocycles. The molecule has 0 spiro atoms. The number of nitrogens with zero attached hydrogens (tertiary/aromatic N) is 3. The molecule has 0 radical (unpaired) electrons. The van der Waals surface area contributed by atoms with Gasteiger partial charge in [0.15, 0.2) is 0 Å². The van der Waals surface area contributed by atoms with Crippen molar-refractivity contribution in [2.45, 2.75) is 0 Å². The average Bonchev–Trinajstić information content (AvgIpc) is 2.89. The van der Waals surface area contributed by atoms with Gasteiger partial charge >= 0.3 is 0 Å². The van der Waals surface area contributed by atoms with E-state index in [1.165, 1.54) is 12.3 Å². The summed E-state index contributed by atoms with van der Waals surface area (Å²) >= 11 is 2.19. The van der Waals surface area contributed by atoms with Crippen LogP contribution in [0.15, 0.2) is 55.1 Å². The fraction of sp³-hybridized carbons (Fsp3) is 0.167. The number of phenols is 1. The van der Waals surface area contributed by atoms with Crippen molar-refractivity contribution in [1.82, 2.24) is 9.97 Å². The van der Waals surface area contributed by atoms with Gasteiger partial charge in [0.1, 0.15) is 11.6 Å². The molecule has 36 heavy (non-hydrogen) atoms. The number of anilines is 5. The van der Waals surface area contributed by atoms with E-state index >= 15 is 0 Å². The van der Waals surface area contributed by atoms with E-state index in [0.29, 0.717) is 59.5 Å². The van der Waals surface area contributed by atoms with Gasteiger partial charge in [0.2, 0.25) is 11.9 Å². The van der Waals surface area contributed by atoms with Crippen molar-refractivity contribution in [1.29, 1.82) is 5.41 Å². The molecule has 1 aliphatic heterocycles. The van der Waals surface area contributed by atoms with Crippen molar-refractivity contribution in [3.05, 3.63) is 60.7 Å². The molecule has 0 aliphatic carbocycles. The van der Waals surface area contributed by atoms with E-state index in [0.717, 1.165) is 18.8 Å². The molecule has 0 saturated carbocycles. The first-order valence-corrected chi connectivity index (χ1v) is 15.1. The van der Waals surface area contributed by atoms with Crippen molar-refractivity contribution in [2.75, 3.05) is 46.9 Å². The highest BCUT2D eigenvalue weighted by molar-refractivity contribution is 14.2. The molecule has 1 atom stereocenters. The third-order valence-electron chi connectivity index (χ3n) is 5.43. The normalized spacial score (nSPS) is 13.4. The molecule has 1 saturated heterocycles. The number of carbonyl (C=O) groups excluding carboxylic acids is 1. The lowest BCUT2D eigenvalue weighted by molar-refractivity contribution is -0.111. The van der Waals surface area contributed by atoms with Gasteiger partial charge in [0.05, 0.1) is 30.2 Å². The van der Waals surface area contributed by atoms with Crippen molar-refractivity contribution in [2.24, 2.45) is 0 Å². The van der Waals surface area contributed by atoms with E-state index in [1.807, 2.05) is 18.2 Å². The van der Waals surface area contributed by atoms with Crippen LogP contribution in [0.5, 0.6) is 5.75 Å². The first-order valence-electron chi connectivity index (χ1n) is 11.0. The van der Waals surface area contributed by atoms with Gasteiger partial charge in [-0.15, -0.1) is 0 Å². The minimum Gasteiger partial charge on any atom is -0.506 e. The van der Waals surface area contributed by atoms with E-state index in [2.05, 4.69) is 59.2 Å². The number of amides is 1. The van der Waals surface area contributed by atoms with E-state index in [9.17, 15) is 9.90 Å². The Balaban J connectivity index is 1.69. The number of benzene rings is 2. The summed E-state index contributed by atoms with van der Waals surface area (Å²) in [5, 5.41) is 27.8. The SMILES string of the molecule is C=CC(=O)Nc1cccc(-c2nc(Nc3ccc(N4CCOCC4)c(O)c3)nc(NPI)c2C=N)c1. The van der Waals surface area contributed by atoms with Crippen LogP contribution in [0.3, 0.4) is 0 Å². The number of carbonyl (C=O) groups is 1. The second kappa shape index (κ2) is 12.1. The van der Waals surface area contributed by atoms with Crippen molar-refractivity contribution < 1.29 is 14.6 Å². The largest absolute Gasteiger partial charge is 0.506 e. The zero-order chi connectivity index (χ0) is 25.5. The monoisotopic (exact) mass is 617 g/mol. The minimum absolute atomic E-state index is 0.149. The topological polar surface area (TPSA) is 135 Å². The Kier molecular flexibility index (Phi) is 8.68. The van der Waals surface area contributed by atoms with Gasteiger partial charge in [0.25, 0.3) is 0 Å². The summed E-state index contributed by atoms with van der Waals surface area (Å²) in [5.41, 5.74) is 3.68. The number of halogens is 1. The third-order valence-corrected chi connectivity index (χ3v) is 6.57. The lowest BCUT2D eigenvalue weighted by Gasteiger charge is -2.29. The van der Waals surface area contributed by atoms with Gasteiger partial charge in [-0.1, -0.05) is 18.7 Å². The Morgan fingerprint density at radius 2 is 2.00 bits per heavy atom. The zero-order valence-corrected chi connectivity index (χ0v) is 22.4. The van der Waals surface area contributed by atoms with Gasteiger partial charge in [-0.3, -0.25) is 4.79 Å². The summed E-state index contributed by atoms with van der Waals surface area (Å²) < 4.78 is 5.39. The number of hydrogen-bond acceptors (Lipinski definition) is 9. The lowest BCUT2D eigenvalue weighted by Crippen LogP contribution is -2.36. The third kappa shape index (κ3) is 6.10. The number of aromatic hydroxyl groups is 1. The van der Waals surface area contributed by atoms with E-state index < -0.39 is 0 Å². The van der Waals surface area contributed by atoms with E-state index in [1.54, 1.807) is 24.3 Å². The smallest absolute Gasteiger partial charge is 0.247 e. The van der Waals surface area contributed by atoms with Gasteiger partial charge in [0, 0.05) is 48.7 Å². The van der Waals surface area contributed by atoms with Crippen LogP contribution in [0.25, 0.3) is 11.3 Å². The molecule has 0 bridgehead atoms. The molecule has 5 N–H and O–H groups in total. The number of morpholine rings is 1. The predicted octanol–water partition coefficient (Wildman–Crippen LogP) is 4.91. The van der Waals surface area contributed by atoms with Crippen LogP contribution in [0, 0.1) is 5.41 Å². The highest BCUT2D eigenvalue weighted by Crippen LogP contribution is 2.35. The molecule has 186 valence electrons. The summed E-state index contributed by atoms with van der Waals surface area (Å²) in [6.45, 7) is 6.17. The highest BCUT2D eigenvalue weighted by Gasteiger charge is 2.18. The molecular formula is C24H25IN7O3P. The zero-order valence-electron chi connectivity index (χ0n) is 19.2. The summed E-state index contributed by atoms with van der Waals surface area (Å²) in [6, 6.07) is 12.5. The molecule has 2 aromatic carbocycles. The van der Waals surface area contributed by atoms with Crippen molar-refractivity contribution in [3.63, 3.8) is 0 Å². The summed E-state index contributed by atoms with van der Waals surface area (Å²) in [4.78, 5) is 23.1. The minimum atomic E-state index is -0.321. The highest BCUT2D eigenvalue weighted by atomic mass is 127. The van der Waals surface area contributed by atoms with Crippen molar-refractivity contribution in [3.8, 4) is 17.0 Å². The molecule has 12 heteroatoms. The number of phenolic OH excluding ortho intramolecular Hbond substituents is 1. The number of hydrogen-bond donors (Lipinski definition) is 5. The van der Waals surface area contributed by atoms with Crippen LogP contribution in [-0.2, 0) is 9.53 Å². The van der Waals surface area contributed by atoms with Gasteiger partial charge in [-0.25, -0.2) is 4.98 Å². The molecule has 1 unspecified atom stereocenters. The molecule has 1 aliphatic rings. The molecule has 10 nitrogen and oxygen atoms in total. The van der Waals surface area contributed by atoms with Gasteiger partial charge < -0.3 is 35.9 Å². The fourth-order valence-corrected chi connectivity index (χ4v) is 4.81. The Bertz CT molecular complexity index is 1280. The molecular weight excluding hydrogens is 592 g/mol. The van der Waals surface area contributed by atoms with Crippen LogP contribution >= 0.6 is 28.4 Å². The predicted molar refractivity (Wildman–Crippen MR) is 155 cm³/mol. The number of aromatic nitrogens is 2. The van der Waals surface area contributed by atoms with E-state index in [-0.39, 0.29) is 11.7 Å². The van der Waals surface area contributed by atoms with Crippen LogP contribution in [0.2, 0.25) is 0 Å². The standard InChI is InChI=1S/C24H25IN7O3P/c1-2-21(34)27-16-5-3-4-15(12-16)22-18(14-26)23(31-36-25)30-24(29-22)28-17-6-7-19(20(33)13-17)32-8-10-35-11-9-32/h2-7,12-14,26,33,36H,1,8-11H2,(H,27,34)(H2,28,29,30,31). The fourth-order valence-electron chi connectivity index (χ4n) is 3.76. The summed E-state index contributed by atoms with van der Waals surface area (Å²) in [5.74, 6) is 0.626. The van der Waals surface area contributed by atoms with Gasteiger partial charge in [-0.05, 0) is 52.4 Å². The quantitative estimate of drug-likeness (QED) is 0.0991. The first kappa shape index (κ1) is 25.8. The summed E-state index contributed by atoms with van der Waals surface area (Å²) in [6.07, 6.45) is 2.72. The summed E-state index contributed by atoms with van der Waals surface area (Å²) in [7, 11) is 0. The van der Waals surface area contributed by atoms with Crippen molar-refractivity contribution >= 4 is 69.4 Å². The maximum Gasteiger partial charge on any atom is 0.247 e. The Morgan fingerprint density at radius 3 is 2.69 bits per heavy atom. The van der Waals surface area contributed by atoms with Crippen LogP contribution in [0.4, 0.5) is 28.8 Å². The molecule has 4 rings (SSSR count). The second-order valence-electron chi connectivity index (χ2n) is 7.72. The first-order chi connectivity index (χ1) is 17.5. The number of rotatable bonds is 9. The van der Waals surface area contributed by atoms with Crippen LogP contribution in [-0.4, -0.2) is 53.5 Å². The second-order valence-corrected chi connectivity index (χ2v) is 9.78. The molecule has 1 fully saturated rings. The van der Waals surface area contributed by atoms with E-state index in [4.69, 9.17) is 10.1 Å². The Labute approximate surface area is 223 Å². The molecule has 3 aromatic rings. The number of ether oxygens (including phenoxy) is 1. The Morgan fingerprint density at radius 1 is 1.19 bits per heavy atom. The maximum atomic E-state index is 11.8. The average molecular weight is 617 g/mol. The maximum absolute atomic E-state index is 11.8. The molecule has 1 amide bonds. The molecule has 1 aromatic heterocycles. The lowest BCUT2D eigenvalue weighted by atomic mass is 10.1. The number of nitrogens with one attached hydrogen (secondary N) is 4. The van der Waals surface area contributed by atoms with Crippen LogP contribution in [0.1, 0.15) is 5.56 Å². The van der Waals surface area contributed by atoms with Crippen LogP contribution < -0.4 is 20.6 Å². The Hall–Kier alpha value is -3.28. The van der Waals surface area contributed by atoms with Gasteiger partial charge in [-0.2, -0.15) is 4.98 Å².